The highest BCUT2D eigenvalue weighted by Crippen LogP contribution is 2.33. The van der Waals surface area contributed by atoms with Gasteiger partial charge in [-0.05, 0) is 82.1 Å². The van der Waals surface area contributed by atoms with Gasteiger partial charge in [-0.1, -0.05) is 186 Å². The van der Waals surface area contributed by atoms with E-state index in [1.54, 1.807) is 0 Å². The van der Waals surface area contributed by atoms with Crippen LogP contribution >= 0.6 is 0 Å². The maximum Gasteiger partial charge on any atom is 0.0461 e. The lowest BCUT2D eigenvalue weighted by molar-refractivity contribution is 0.0927. The van der Waals surface area contributed by atoms with Crippen LogP contribution in [0.4, 0.5) is 11.4 Å². The van der Waals surface area contributed by atoms with Gasteiger partial charge in [0.1, 0.15) is 0 Å². The van der Waals surface area contributed by atoms with E-state index < -0.39 is 0 Å². The van der Waals surface area contributed by atoms with E-state index in [9.17, 15) is 0 Å². The molecule has 0 bridgehead atoms. The number of hydrogen-bond acceptors (Lipinski definition) is 5. The van der Waals surface area contributed by atoms with Gasteiger partial charge in [0, 0.05) is 64.1 Å². The maximum absolute atomic E-state index is 3.67. The van der Waals surface area contributed by atoms with Crippen molar-refractivity contribution in [1.29, 1.82) is 0 Å². The molecule has 1 saturated heterocycles. The lowest BCUT2D eigenvalue weighted by atomic mass is 9.96. The van der Waals surface area contributed by atoms with Gasteiger partial charge in [-0.15, -0.1) is 0 Å². The summed E-state index contributed by atoms with van der Waals surface area (Å²) in [5.74, 6) is 0. The van der Waals surface area contributed by atoms with Gasteiger partial charge in [-0.2, -0.15) is 0 Å². The van der Waals surface area contributed by atoms with Crippen molar-refractivity contribution in [2.24, 2.45) is 0 Å². The van der Waals surface area contributed by atoms with Gasteiger partial charge in [0.05, 0.1) is 0 Å². The Kier molecular flexibility index (Phi) is 31.5. The van der Waals surface area contributed by atoms with E-state index >= 15 is 0 Å². The van der Waals surface area contributed by atoms with E-state index in [1.807, 2.05) is 0 Å². The molecule has 0 aromatic heterocycles. The van der Waals surface area contributed by atoms with Gasteiger partial charge >= 0.3 is 0 Å². The van der Waals surface area contributed by atoms with Crippen molar-refractivity contribution in [2.75, 3.05) is 70.7 Å². The zero-order chi connectivity index (χ0) is 41.2. The number of benzene rings is 2. The normalized spacial score (nSPS) is 15.8. The van der Waals surface area contributed by atoms with Crippen LogP contribution in [0.5, 0.6) is 0 Å². The van der Waals surface area contributed by atoms with E-state index in [0.717, 1.165) is 6.04 Å². The Morgan fingerprint density at radius 3 is 1.35 bits per heavy atom. The molecule has 1 N–H and O–H groups in total. The lowest BCUT2D eigenvalue weighted by Gasteiger charge is -2.34. The van der Waals surface area contributed by atoms with E-state index in [1.165, 1.54) is 241 Å². The van der Waals surface area contributed by atoms with Crippen molar-refractivity contribution in [3.05, 3.63) is 36.4 Å². The number of hydrogen-bond donors (Lipinski definition) is 1. The second kappa shape index (κ2) is 35.0. The molecular formula is C52H97N5. The van der Waals surface area contributed by atoms with Gasteiger partial charge in [-0.3, -0.25) is 5.43 Å². The zero-order valence-corrected chi connectivity index (χ0v) is 39.4. The third-order valence-corrected chi connectivity index (χ3v) is 12.5. The summed E-state index contributed by atoms with van der Waals surface area (Å²) < 4.78 is 0. The Bertz CT molecular complexity index is 1060. The van der Waals surface area contributed by atoms with Crippen molar-refractivity contribution >= 4 is 22.1 Å². The highest BCUT2D eigenvalue weighted by atomic mass is 15.5. The number of anilines is 2. The molecule has 1 saturated carbocycles. The van der Waals surface area contributed by atoms with Crippen LogP contribution in [0, 0.1) is 0 Å². The van der Waals surface area contributed by atoms with Gasteiger partial charge < -0.3 is 14.7 Å². The van der Waals surface area contributed by atoms with E-state index in [2.05, 4.69) is 110 Å². The fraction of sp³-hybridized carbons (Fsp3) is 0.808. The summed E-state index contributed by atoms with van der Waals surface area (Å²) in [6.07, 6.45) is 41.5. The molecule has 1 aliphatic heterocycles. The molecule has 1 aliphatic carbocycles. The summed E-state index contributed by atoms with van der Waals surface area (Å²) >= 11 is 0. The first kappa shape index (κ1) is 51.3. The number of nitrogens with zero attached hydrogens (tertiary/aromatic N) is 4. The van der Waals surface area contributed by atoms with Crippen LogP contribution in [0.3, 0.4) is 0 Å². The summed E-state index contributed by atoms with van der Waals surface area (Å²) in [7, 11) is 8.34. The van der Waals surface area contributed by atoms with Gasteiger partial charge in [0.15, 0.2) is 0 Å². The molecule has 0 unspecified atom stereocenters. The summed E-state index contributed by atoms with van der Waals surface area (Å²) in [6, 6.07) is 13.7. The molecule has 1 heterocycles. The molecule has 0 spiro atoms. The molecule has 57 heavy (non-hydrogen) atoms. The van der Waals surface area contributed by atoms with Crippen LogP contribution < -0.4 is 15.2 Å². The van der Waals surface area contributed by atoms with Gasteiger partial charge in [0.25, 0.3) is 0 Å². The largest absolute Gasteiger partial charge is 0.377 e. The number of fused-ring (bicyclic) bond motifs is 1. The van der Waals surface area contributed by atoms with E-state index in [4.69, 9.17) is 0 Å². The first-order valence-electron chi connectivity index (χ1n) is 25.0. The van der Waals surface area contributed by atoms with Crippen molar-refractivity contribution in [2.45, 2.75) is 213 Å². The van der Waals surface area contributed by atoms with E-state index in [0.29, 0.717) is 0 Å². The molecule has 0 radical (unpaired) electrons. The summed E-state index contributed by atoms with van der Waals surface area (Å²) in [5, 5.41) is 5.20. The molecule has 2 fully saturated rings. The molecule has 2 aromatic rings. The topological polar surface area (TPSA) is 25.0 Å². The predicted molar refractivity (Wildman–Crippen MR) is 258 cm³/mol. The quantitative estimate of drug-likeness (QED) is 0.107. The fourth-order valence-corrected chi connectivity index (χ4v) is 8.85. The Morgan fingerprint density at radius 1 is 0.491 bits per heavy atom. The molecule has 2 aliphatic rings. The summed E-state index contributed by atoms with van der Waals surface area (Å²) in [4.78, 5) is 7.12. The van der Waals surface area contributed by atoms with Crippen molar-refractivity contribution < 1.29 is 0 Å². The van der Waals surface area contributed by atoms with Crippen LogP contribution in [-0.4, -0.2) is 76.9 Å². The highest BCUT2D eigenvalue weighted by molar-refractivity contribution is 6.03. The van der Waals surface area contributed by atoms with Crippen molar-refractivity contribution in [3.63, 3.8) is 0 Å². The standard InChI is InChI=1S/C24H51N.C14H18N2.C14H28N2/c1-4-7-10-13-16-19-22-25(23-20-17-14-11-8-5-2)24-21-18-15-12-9-6-3;1-15(2)12-9-5-7-11-8-6-10-13(14(11)12)16(3)4;1-2-6-10-14(11-7-3-1)16-13-9-5-4-8-12-15-16/h4-24H2,1-3H3;5-10H,1-4H3;14-15H,1-13H2. The number of nitrogens with one attached hydrogen (secondary N) is 1. The van der Waals surface area contributed by atoms with E-state index in [-0.39, 0.29) is 0 Å². The Hall–Kier alpha value is -1.82. The van der Waals surface area contributed by atoms with Crippen LogP contribution in [0.25, 0.3) is 10.8 Å². The van der Waals surface area contributed by atoms with Crippen LogP contribution in [0.2, 0.25) is 0 Å². The number of hydrazine groups is 1. The molecule has 2 aromatic carbocycles. The molecule has 0 atom stereocenters. The van der Waals surface area contributed by atoms with Crippen molar-refractivity contribution in [1.82, 2.24) is 15.3 Å². The number of unbranched alkanes of at least 4 members (excludes halogenated alkanes) is 15. The zero-order valence-electron chi connectivity index (χ0n) is 39.4. The lowest BCUT2D eigenvalue weighted by Crippen LogP contribution is -2.47. The summed E-state index contributed by atoms with van der Waals surface area (Å²) in [5.41, 5.74) is 6.20. The predicted octanol–water partition coefficient (Wildman–Crippen LogP) is 14.8. The first-order valence-corrected chi connectivity index (χ1v) is 25.0. The minimum atomic E-state index is 0.832. The second-order valence-electron chi connectivity index (χ2n) is 18.1. The highest BCUT2D eigenvalue weighted by Gasteiger charge is 2.19. The molecular weight excluding hydrogens is 695 g/mol. The fourth-order valence-electron chi connectivity index (χ4n) is 8.85. The van der Waals surface area contributed by atoms with Gasteiger partial charge in [-0.25, -0.2) is 5.01 Å². The van der Waals surface area contributed by atoms with Gasteiger partial charge in [0.2, 0.25) is 0 Å². The average Bonchev–Trinajstić information content (AvgIpc) is 3.18. The molecule has 5 nitrogen and oxygen atoms in total. The summed E-state index contributed by atoms with van der Waals surface area (Å²) in [6.45, 7) is 13.5. The van der Waals surface area contributed by atoms with Crippen molar-refractivity contribution in [3.8, 4) is 0 Å². The Morgan fingerprint density at radius 2 is 0.895 bits per heavy atom. The van der Waals surface area contributed by atoms with Crippen LogP contribution in [0.1, 0.15) is 207 Å². The Labute approximate surface area is 356 Å². The monoisotopic (exact) mass is 792 g/mol. The SMILES string of the molecule is C1CCCC(N2CCCCCCN2)CCC1.CCCCCCCCN(CCCCCCCC)CCCCCCCC.CN(C)c1cccc2cccc(N(C)C)c12. The third-order valence-electron chi connectivity index (χ3n) is 12.5. The average molecular weight is 792 g/mol. The molecule has 330 valence electrons. The number of rotatable bonds is 24. The minimum Gasteiger partial charge on any atom is -0.377 e. The smallest absolute Gasteiger partial charge is 0.0461 e. The molecule has 4 rings (SSSR count). The van der Waals surface area contributed by atoms with Crippen LogP contribution in [-0.2, 0) is 0 Å². The molecule has 0 amide bonds. The minimum absolute atomic E-state index is 0.832. The second-order valence-corrected chi connectivity index (χ2v) is 18.1. The molecule has 5 heteroatoms. The maximum atomic E-state index is 3.67. The van der Waals surface area contributed by atoms with Crippen LogP contribution in [0.15, 0.2) is 36.4 Å². The first-order chi connectivity index (χ1) is 27.9. The third kappa shape index (κ3) is 24.1. The Balaban J connectivity index is 0.000000305.